The van der Waals surface area contributed by atoms with E-state index in [4.69, 9.17) is 4.74 Å². The lowest BCUT2D eigenvalue weighted by atomic mass is 9.82. The Labute approximate surface area is 179 Å². The van der Waals surface area contributed by atoms with Gasteiger partial charge in [0.05, 0.1) is 13.0 Å². The van der Waals surface area contributed by atoms with Gasteiger partial charge in [0.2, 0.25) is 0 Å². The Morgan fingerprint density at radius 1 is 0.967 bits per heavy atom. The molecule has 1 aliphatic heterocycles. The van der Waals surface area contributed by atoms with E-state index in [0.29, 0.717) is 13.0 Å². The van der Waals surface area contributed by atoms with Crippen molar-refractivity contribution < 1.29 is 9.53 Å². The van der Waals surface area contributed by atoms with E-state index in [1.54, 1.807) is 0 Å². The van der Waals surface area contributed by atoms with E-state index >= 15 is 0 Å². The third kappa shape index (κ3) is 4.80. The van der Waals surface area contributed by atoms with Gasteiger partial charge >= 0.3 is 5.97 Å². The van der Waals surface area contributed by atoms with Crippen LogP contribution in [0.3, 0.4) is 0 Å². The first-order valence-corrected chi connectivity index (χ1v) is 10.8. The molecule has 1 heterocycles. The standard InChI is InChI=1S/C27H29NO2/c1-2-30-27(29)18-26(22-12-7-4-8-13-22)25-15-9-14-23-20-28(17-16-24(23)25)19-21-10-5-3-6-11-21/h3-15,26H,2,16-20H2,1H3. The molecule has 0 saturated heterocycles. The summed E-state index contributed by atoms with van der Waals surface area (Å²) < 4.78 is 5.30. The maximum Gasteiger partial charge on any atom is 0.306 e. The van der Waals surface area contributed by atoms with E-state index in [1.165, 1.54) is 27.8 Å². The molecular weight excluding hydrogens is 370 g/mol. The summed E-state index contributed by atoms with van der Waals surface area (Å²) in [5.41, 5.74) is 6.57. The van der Waals surface area contributed by atoms with E-state index in [0.717, 1.165) is 26.1 Å². The van der Waals surface area contributed by atoms with Crippen LogP contribution in [-0.4, -0.2) is 24.0 Å². The van der Waals surface area contributed by atoms with Crippen LogP contribution in [0.1, 0.15) is 47.1 Å². The van der Waals surface area contributed by atoms with Crippen LogP contribution in [0.4, 0.5) is 0 Å². The number of carbonyl (C=O) groups is 1. The van der Waals surface area contributed by atoms with Crippen molar-refractivity contribution in [3.8, 4) is 0 Å². The van der Waals surface area contributed by atoms with Gasteiger partial charge in [0.25, 0.3) is 0 Å². The lowest BCUT2D eigenvalue weighted by molar-refractivity contribution is -0.143. The van der Waals surface area contributed by atoms with Gasteiger partial charge in [-0.3, -0.25) is 9.69 Å². The van der Waals surface area contributed by atoms with Crippen LogP contribution in [0.25, 0.3) is 0 Å². The van der Waals surface area contributed by atoms with E-state index in [9.17, 15) is 4.79 Å². The molecule has 3 aromatic carbocycles. The molecule has 1 unspecified atom stereocenters. The largest absolute Gasteiger partial charge is 0.466 e. The fourth-order valence-corrected chi connectivity index (χ4v) is 4.48. The predicted molar refractivity (Wildman–Crippen MR) is 120 cm³/mol. The minimum atomic E-state index is -0.134. The molecular formula is C27H29NO2. The molecule has 1 aliphatic rings. The SMILES string of the molecule is CCOC(=O)CC(c1ccccc1)c1cccc2c1CCN(Cc1ccccc1)C2. The molecule has 0 amide bonds. The minimum absolute atomic E-state index is 0.0286. The number of ether oxygens (including phenoxy) is 1. The Balaban J connectivity index is 1.61. The van der Waals surface area contributed by atoms with E-state index in [2.05, 4.69) is 65.6 Å². The summed E-state index contributed by atoms with van der Waals surface area (Å²) >= 11 is 0. The zero-order valence-corrected chi connectivity index (χ0v) is 17.6. The van der Waals surface area contributed by atoms with Gasteiger partial charge in [-0.05, 0) is 41.2 Å². The molecule has 1 atom stereocenters. The molecule has 0 spiro atoms. The molecule has 0 bridgehead atoms. The first-order valence-electron chi connectivity index (χ1n) is 10.8. The summed E-state index contributed by atoms with van der Waals surface area (Å²) in [5, 5.41) is 0. The van der Waals surface area contributed by atoms with Crippen molar-refractivity contribution >= 4 is 5.97 Å². The summed E-state index contributed by atoms with van der Waals surface area (Å²) in [4.78, 5) is 14.9. The van der Waals surface area contributed by atoms with Gasteiger partial charge in [-0.15, -0.1) is 0 Å². The van der Waals surface area contributed by atoms with Crippen molar-refractivity contribution in [2.24, 2.45) is 0 Å². The Morgan fingerprint density at radius 2 is 1.70 bits per heavy atom. The Morgan fingerprint density at radius 3 is 2.43 bits per heavy atom. The molecule has 30 heavy (non-hydrogen) atoms. The second-order valence-corrected chi connectivity index (χ2v) is 7.90. The Bertz CT molecular complexity index is 969. The van der Waals surface area contributed by atoms with Gasteiger partial charge in [0.15, 0.2) is 0 Å². The molecule has 3 heteroatoms. The summed E-state index contributed by atoms with van der Waals surface area (Å²) in [6.45, 7) is 5.22. The van der Waals surface area contributed by atoms with Crippen LogP contribution >= 0.6 is 0 Å². The fourth-order valence-electron chi connectivity index (χ4n) is 4.48. The van der Waals surface area contributed by atoms with Gasteiger partial charge in [-0.1, -0.05) is 78.9 Å². The Hall–Kier alpha value is -2.91. The summed E-state index contributed by atoms with van der Waals surface area (Å²) in [6, 6.07) is 27.6. The quantitative estimate of drug-likeness (QED) is 0.503. The maximum atomic E-state index is 12.4. The van der Waals surface area contributed by atoms with Crippen molar-refractivity contribution in [1.29, 1.82) is 0 Å². The third-order valence-electron chi connectivity index (χ3n) is 5.88. The van der Waals surface area contributed by atoms with Crippen LogP contribution in [0.5, 0.6) is 0 Å². The second kappa shape index (κ2) is 9.73. The zero-order valence-electron chi connectivity index (χ0n) is 17.6. The normalized spacial score (nSPS) is 14.7. The number of rotatable bonds is 7. The smallest absolute Gasteiger partial charge is 0.306 e. The lowest BCUT2D eigenvalue weighted by Gasteiger charge is -2.32. The highest BCUT2D eigenvalue weighted by Gasteiger charge is 2.25. The van der Waals surface area contributed by atoms with E-state index in [1.807, 2.05) is 25.1 Å². The highest BCUT2D eigenvalue weighted by Crippen LogP contribution is 2.34. The highest BCUT2D eigenvalue weighted by atomic mass is 16.5. The zero-order chi connectivity index (χ0) is 20.8. The minimum Gasteiger partial charge on any atom is -0.466 e. The van der Waals surface area contributed by atoms with Gasteiger partial charge in [-0.25, -0.2) is 0 Å². The molecule has 4 rings (SSSR count). The van der Waals surface area contributed by atoms with Crippen molar-refractivity contribution in [2.45, 2.75) is 38.8 Å². The molecule has 0 fully saturated rings. The van der Waals surface area contributed by atoms with Gasteiger partial charge < -0.3 is 4.74 Å². The third-order valence-corrected chi connectivity index (χ3v) is 5.88. The number of benzene rings is 3. The molecule has 0 N–H and O–H groups in total. The predicted octanol–water partition coefficient (Wildman–Crippen LogP) is 5.33. The molecule has 0 radical (unpaired) electrons. The molecule has 0 aliphatic carbocycles. The van der Waals surface area contributed by atoms with Gasteiger partial charge in [-0.2, -0.15) is 0 Å². The number of carbonyl (C=O) groups excluding carboxylic acids is 1. The monoisotopic (exact) mass is 399 g/mol. The van der Waals surface area contributed by atoms with Crippen molar-refractivity contribution in [3.05, 3.63) is 107 Å². The molecule has 0 saturated carbocycles. The molecule has 3 nitrogen and oxygen atoms in total. The van der Waals surface area contributed by atoms with Crippen molar-refractivity contribution in [1.82, 2.24) is 4.90 Å². The fraction of sp³-hybridized carbons (Fsp3) is 0.296. The van der Waals surface area contributed by atoms with E-state index < -0.39 is 0 Å². The van der Waals surface area contributed by atoms with Gasteiger partial charge in [0.1, 0.15) is 0 Å². The van der Waals surface area contributed by atoms with Crippen LogP contribution < -0.4 is 0 Å². The number of esters is 1. The van der Waals surface area contributed by atoms with Crippen LogP contribution in [0.2, 0.25) is 0 Å². The average molecular weight is 400 g/mol. The van der Waals surface area contributed by atoms with E-state index in [-0.39, 0.29) is 11.9 Å². The molecule has 154 valence electrons. The van der Waals surface area contributed by atoms with Crippen molar-refractivity contribution in [3.63, 3.8) is 0 Å². The number of hydrogen-bond donors (Lipinski definition) is 0. The second-order valence-electron chi connectivity index (χ2n) is 7.90. The summed E-state index contributed by atoms with van der Waals surface area (Å²) in [7, 11) is 0. The topological polar surface area (TPSA) is 29.5 Å². The highest BCUT2D eigenvalue weighted by molar-refractivity contribution is 5.71. The van der Waals surface area contributed by atoms with Gasteiger partial charge in [0, 0.05) is 25.6 Å². The summed E-state index contributed by atoms with van der Waals surface area (Å²) in [6.07, 6.45) is 1.38. The molecule has 0 aromatic heterocycles. The number of hydrogen-bond acceptors (Lipinski definition) is 3. The van der Waals surface area contributed by atoms with Crippen molar-refractivity contribution in [2.75, 3.05) is 13.2 Å². The lowest BCUT2D eigenvalue weighted by Crippen LogP contribution is -2.31. The van der Waals surface area contributed by atoms with Crippen LogP contribution in [-0.2, 0) is 29.0 Å². The van der Waals surface area contributed by atoms with Crippen LogP contribution in [0.15, 0.2) is 78.9 Å². The number of nitrogens with zero attached hydrogens (tertiary/aromatic N) is 1. The Kier molecular flexibility index (Phi) is 6.60. The van der Waals surface area contributed by atoms with Crippen LogP contribution in [0, 0.1) is 0 Å². The summed E-state index contributed by atoms with van der Waals surface area (Å²) in [5.74, 6) is -0.105. The first kappa shape index (κ1) is 20.4. The number of fused-ring (bicyclic) bond motifs is 1. The average Bonchev–Trinajstić information content (AvgIpc) is 2.78. The maximum absolute atomic E-state index is 12.4. The molecule has 3 aromatic rings. The first-order chi connectivity index (χ1) is 14.7.